The second-order valence-corrected chi connectivity index (χ2v) is 5.76. The van der Waals surface area contributed by atoms with E-state index in [1.165, 1.54) is 13.1 Å². The second-order valence-electron chi connectivity index (χ2n) is 5.76. The lowest BCUT2D eigenvalue weighted by atomic mass is 10.0. The van der Waals surface area contributed by atoms with Crippen LogP contribution < -0.4 is 5.43 Å². The highest BCUT2D eigenvalue weighted by atomic mass is 19.4. The molecule has 3 heterocycles. The zero-order valence-corrected chi connectivity index (χ0v) is 13.5. The number of carbonyl (C=O) groups excluding carboxylic acids is 1. The average molecular weight is 358 g/mol. The third kappa shape index (κ3) is 4.07. The molecule has 1 aromatic heterocycles. The average Bonchev–Trinajstić information content (AvgIpc) is 2.55. The van der Waals surface area contributed by atoms with Gasteiger partial charge in [-0.25, -0.2) is 10.2 Å². The van der Waals surface area contributed by atoms with E-state index >= 15 is 0 Å². The number of morpholine rings is 1. The van der Waals surface area contributed by atoms with Gasteiger partial charge in [0.2, 0.25) is 0 Å². The molecule has 0 radical (unpaired) electrons. The Hall–Kier alpha value is -2.20. The van der Waals surface area contributed by atoms with Crippen molar-refractivity contribution in [1.29, 1.82) is 0 Å². The van der Waals surface area contributed by atoms with E-state index in [1.54, 1.807) is 0 Å². The first kappa shape index (κ1) is 17.6. The molecule has 2 aliphatic rings. The number of cyclic esters (lactones) is 1. The van der Waals surface area contributed by atoms with Crippen LogP contribution in [0.4, 0.5) is 18.0 Å². The van der Waals surface area contributed by atoms with Crippen molar-refractivity contribution in [1.82, 2.24) is 15.3 Å². The molecular weight excluding hydrogens is 341 g/mol. The second kappa shape index (κ2) is 6.96. The first-order valence-corrected chi connectivity index (χ1v) is 7.75. The summed E-state index contributed by atoms with van der Waals surface area (Å²) >= 11 is 0. The molecule has 0 aromatic carbocycles. The Bertz CT molecular complexity index is 687. The molecule has 1 fully saturated rings. The minimum absolute atomic E-state index is 0.0489. The fraction of sp³-hybridized carbons (Fsp3) is 0.533. The van der Waals surface area contributed by atoms with E-state index in [-0.39, 0.29) is 23.5 Å². The molecule has 1 amide bonds. The third-order valence-corrected chi connectivity index (χ3v) is 3.98. The van der Waals surface area contributed by atoms with Crippen molar-refractivity contribution in [2.75, 3.05) is 26.3 Å². The summed E-state index contributed by atoms with van der Waals surface area (Å²) in [5.41, 5.74) is 1.58. The maximum atomic E-state index is 13.5. The number of hydrogen-bond acceptors (Lipinski definition) is 6. The predicted octanol–water partition coefficient (Wildman–Crippen LogP) is 1.77. The van der Waals surface area contributed by atoms with Gasteiger partial charge in [-0.2, -0.15) is 18.3 Å². The van der Waals surface area contributed by atoms with Crippen molar-refractivity contribution in [3.05, 3.63) is 29.1 Å². The maximum absolute atomic E-state index is 13.5. The highest BCUT2D eigenvalue weighted by molar-refractivity contribution is 6.05. The van der Waals surface area contributed by atoms with Gasteiger partial charge in [0.1, 0.15) is 11.8 Å². The molecule has 0 aliphatic carbocycles. The van der Waals surface area contributed by atoms with Gasteiger partial charge in [0.05, 0.1) is 24.5 Å². The van der Waals surface area contributed by atoms with Gasteiger partial charge in [-0.3, -0.25) is 9.88 Å². The highest BCUT2D eigenvalue weighted by Crippen LogP contribution is 2.33. The topological polar surface area (TPSA) is 76.0 Å². The number of pyridine rings is 1. The van der Waals surface area contributed by atoms with Crippen LogP contribution in [0.3, 0.4) is 0 Å². The Morgan fingerprint density at radius 1 is 1.36 bits per heavy atom. The number of carbonyl (C=O) groups is 1. The Morgan fingerprint density at radius 3 is 2.72 bits per heavy atom. The summed E-state index contributed by atoms with van der Waals surface area (Å²) in [7, 11) is 0. The molecule has 136 valence electrons. The number of halogens is 3. The fourth-order valence-electron chi connectivity index (χ4n) is 2.71. The molecule has 1 atom stereocenters. The Morgan fingerprint density at radius 2 is 2.08 bits per heavy atom. The molecule has 0 saturated carbocycles. The van der Waals surface area contributed by atoms with Gasteiger partial charge < -0.3 is 9.47 Å². The van der Waals surface area contributed by atoms with Crippen LogP contribution in [-0.2, 0) is 22.2 Å². The van der Waals surface area contributed by atoms with Crippen molar-refractivity contribution in [2.24, 2.45) is 5.10 Å². The van der Waals surface area contributed by atoms with Gasteiger partial charge >= 0.3 is 12.3 Å². The van der Waals surface area contributed by atoms with Gasteiger partial charge in [0.25, 0.3) is 0 Å². The molecule has 0 spiro atoms. The Kier molecular flexibility index (Phi) is 4.91. The smallest absolute Gasteiger partial charge is 0.428 e. The molecule has 3 rings (SSSR count). The third-order valence-electron chi connectivity index (χ3n) is 3.98. The van der Waals surface area contributed by atoms with Gasteiger partial charge in [-0.05, 0) is 13.0 Å². The van der Waals surface area contributed by atoms with Crippen LogP contribution >= 0.6 is 0 Å². The molecule has 7 nitrogen and oxygen atoms in total. The molecule has 2 aliphatic heterocycles. The van der Waals surface area contributed by atoms with Crippen molar-refractivity contribution in [2.45, 2.75) is 25.7 Å². The van der Waals surface area contributed by atoms with Crippen LogP contribution in [0.2, 0.25) is 0 Å². The van der Waals surface area contributed by atoms with E-state index < -0.39 is 23.9 Å². The minimum atomic E-state index is -4.55. The summed E-state index contributed by atoms with van der Waals surface area (Å²) in [6.45, 7) is 3.73. The normalized spacial score (nSPS) is 22.2. The lowest BCUT2D eigenvalue weighted by Gasteiger charge is -2.27. The zero-order valence-electron chi connectivity index (χ0n) is 13.5. The number of alkyl halides is 3. The number of rotatable bonds is 3. The summed E-state index contributed by atoms with van der Waals surface area (Å²) in [6.07, 6.45) is -4.74. The lowest BCUT2D eigenvalue weighted by molar-refractivity contribution is -0.138. The summed E-state index contributed by atoms with van der Waals surface area (Å²) in [6, 6.07) is 0.999. The van der Waals surface area contributed by atoms with Crippen LogP contribution in [0.25, 0.3) is 0 Å². The van der Waals surface area contributed by atoms with E-state index in [2.05, 4.69) is 15.5 Å². The SMILES string of the molecule is CC1OC(=O)NN=C1c1cnc(CN2CCOCC2)c(C(F)(F)F)c1. The standard InChI is InChI=1S/C15H17F3N4O3/c1-9-13(20-21-14(23)25-9)10-6-11(15(16,17)18)12(19-7-10)8-22-2-4-24-5-3-22/h6-7,9H,2-5,8H2,1H3,(H,21,23). The first-order chi connectivity index (χ1) is 11.8. The van der Waals surface area contributed by atoms with E-state index in [9.17, 15) is 18.0 Å². The Balaban J connectivity index is 1.91. The number of hydrazone groups is 1. The van der Waals surface area contributed by atoms with E-state index in [1.807, 2.05) is 4.90 Å². The molecule has 1 unspecified atom stereocenters. The number of aromatic nitrogens is 1. The summed E-state index contributed by atoms with van der Waals surface area (Å²) < 4.78 is 50.6. The van der Waals surface area contributed by atoms with Crippen LogP contribution in [0.1, 0.15) is 23.7 Å². The van der Waals surface area contributed by atoms with Gasteiger partial charge in [-0.1, -0.05) is 0 Å². The lowest BCUT2D eigenvalue weighted by Crippen LogP contribution is -2.38. The van der Waals surface area contributed by atoms with Gasteiger partial charge in [-0.15, -0.1) is 0 Å². The van der Waals surface area contributed by atoms with Crippen molar-refractivity contribution in [3.63, 3.8) is 0 Å². The summed E-state index contributed by atoms with van der Waals surface area (Å²) in [5, 5.41) is 3.79. The molecule has 1 aromatic rings. The van der Waals surface area contributed by atoms with Crippen LogP contribution in [0.15, 0.2) is 17.4 Å². The molecule has 1 saturated heterocycles. The Labute approximate surface area is 141 Å². The number of nitrogens with zero attached hydrogens (tertiary/aromatic N) is 3. The summed E-state index contributed by atoms with van der Waals surface area (Å²) in [5.74, 6) is 0. The maximum Gasteiger partial charge on any atom is 0.428 e. The van der Waals surface area contributed by atoms with E-state index in [0.29, 0.717) is 26.3 Å². The van der Waals surface area contributed by atoms with Crippen LogP contribution in [0.5, 0.6) is 0 Å². The highest BCUT2D eigenvalue weighted by Gasteiger charge is 2.36. The summed E-state index contributed by atoms with van der Waals surface area (Å²) in [4.78, 5) is 17.0. The quantitative estimate of drug-likeness (QED) is 0.891. The van der Waals surface area contributed by atoms with Crippen LogP contribution in [0, 0.1) is 0 Å². The molecular formula is C15H17F3N4O3. The minimum Gasteiger partial charge on any atom is -0.439 e. The number of ether oxygens (including phenoxy) is 2. The monoisotopic (exact) mass is 358 g/mol. The number of nitrogens with one attached hydrogen (secondary N) is 1. The van der Waals surface area contributed by atoms with E-state index in [0.717, 1.165) is 6.07 Å². The largest absolute Gasteiger partial charge is 0.439 e. The molecule has 25 heavy (non-hydrogen) atoms. The zero-order chi connectivity index (χ0) is 18.0. The molecule has 10 heteroatoms. The van der Waals surface area contributed by atoms with Gasteiger partial charge in [0.15, 0.2) is 0 Å². The molecule has 1 N–H and O–H groups in total. The number of hydrogen-bond donors (Lipinski definition) is 1. The first-order valence-electron chi connectivity index (χ1n) is 7.75. The van der Waals surface area contributed by atoms with Crippen LogP contribution in [-0.4, -0.2) is 54.1 Å². The van der Waals surface area contributed by atoms with Crippen molar-refractivity contribution in [3.8, 4) is 0 Å². The van der Waals surface area contributed by atoms with E-state index in [4.69, 9.17) is 9.47 Å². The van der Waals surface area contributed by atoms with Crippen molar-refractivity contribution < 1.29 is 27.4 Å². The predicted molar refractivity (Wildman–Crippen MR) is 81.0 cm³/mol. The molecule has 0 bridgehead atoms. The number of amides is 1. The van der Waals surface area contributed by atoms with Gasteiger partial charge in [0, 0.05) is 31.4 Å². The van der Waals surface area contributed by atoms with Crippen molar-refractivity contribution >= 4 is 11.8 Å². The fourth-order valence-corrected chi connectivity index (χ4v) is 2.71.